The van der Waals surface area contributed by atoms with E-state index >= 15 is 0 Å². The molecule has 0 heterocycles. The van der Waals surface area contributed by atoms with Gasteiger partial charge < -0.3 is 4.79 Å². The maximum Gasteiger partial charge on any atom is 0.123 e. The molecule has 0 aromatic carbocycles. The third-order valence-corrected chi connectivity index (χ3v) is 4.36. The molecule has 0 aromatic heterocycles. The average molecular weight is 156 g/mol. The van der Waals surface area contributed by atoms with Crippen LogP contribution in [0.5, 0.6) is 0 Å². The summed E-state index contributed by atoms with van der Waals surface area (Å²) in [5.74, 6) is 1.18. The zero-order chi connectivity index (χ0) is 7.19. The molecule has 2 atom stereocenters. The van der Waals surface area contributed by atoms with E-state index in [-0.39, 0.29) is 0 Å². The van der Waals surface area contributed by atoms with Crippen molar-refractivity contribution in [3.63, 3.8) is 0 Å². The number of aldehydes is 1. The van der Waals surface area contributed by atoms with Crippen molar-refractivity contribution in [3.8, 4) is 0 Å². The first kappa shape index (κ1) is 6.71. The normalized spacial score (nSPS) is 40.9. The molecule has 0 saturated heterocycles. The Morgan fingerprint density at radius 1 is 1.60 bits per heavy atom. The topological polar surface area (TPSA) is 17.1 Å². The zero-order valence-corrected chi connectivity index (χ0v) is 6.99. The first-order valence-corrected chi connectivity index (χ1v) is 5.05. The molecule has 2 saturated carbocycles. The van der Waals surface area contributed by atoms with Gasteiger partial charge in [-0.1, -0.05) is 0 Å². The highest BCUT2D eigenvalue weighted by Gasteiger charge is 2.58. The van der Waals surface area contributed by atoms with Gasteiger partial charge in [-0.3, -0.25) is 0 Å². The zero-order valence-electron chi connectivity index (χ0n) is 6.17. The molecule has 2 aliphatic rings. The van der Waals surface area contributed by atoms with Gasteiger partial charge in [0.2, 0.25) is 0 Å². The van der Waals surface area contributed by atoms with Crippen molar-refractivity contribution >= 4 is 18.0 Å². The molecule has 0 aromatic rings. The van der Waals surface area contributed by atoms with Crippen LogP contribution < -0.4 is 0 Å². The summed E-state index contributed by atoms with van der Waals surface area (Å²) >= 11 is 1.97. The molecule has 0 bridgehead atoms. The summed E-state index contributed by atoms with van der Waals surface area (Å²) in [5.41, 5.74) is 0. The smallest absolute Gasteiger partial charge is 0.123 e. The summed E-state index contributed by atoms with van der Waals surface area (Å²) in [6.45, 7) is 0. The Hall–Kier alpha value is 0.0200. The highest BCUT2D eigenvalue weighted by atomic mass is 32.2. The van der Waals surface area contributed by atoms with Crippen molar-refractivity contribution in [2.75, 3.05) is 6.26 Å². The first-order valence-electron chi connectivity index (χ1n) is 3.83. The van der Waals surface area contributed by atoms with Crippen molar-refractivity contribution in [2.45, 2.75) is 24.0 Å². The molecule has 0 spiro atoms. The fraction of sp³-hybridized carbons (Fsp3) is 0.875. The van der Waals surface area contributed by atoms with Gasteiger partial charge >= 0.3 is 0 Å². The Bertz CT molecular complexity index is 163. The van der Waals surface area contributed by atoms with Crippen LogP contribution in [0.4, 0.5) is 0 Å². The minimum Gasteiger partial charge on any atom is -0.303 e. The third kappa shape index (κ3) is 0.815. The quantitative estimate of drug-likeness (QED) is 0.579. The average Bonchev–Trinajstić information content (AvgIpc) is 2.84. The van der Waals surface area contributed by atoms with Crippen molar-refractivity contribution in [2.24, 2.45) is 11.8 Å². The fourth-order valence-corrected chi connectivity index (χ4v) is 2.90. The standard InChI is InChI=1S/C8H12OS/c1-10-8(2-3-8)7-4-6(7)5-9/h5-7H,2-4H2,1H3/t6-,7+/m0/s1. The SMILES string of the molecule is CSC1([C@@H]2C[C@H]2C=O)CC1. The summed E-state index contributed by atoms with van der Waals surface area (Å²) in [4.78, 5) is 10.4. The lowest BCUT2D eigenvalue weighted by Crippen LogP contribution is -2.06. The molecule has 56 valence electrons. The van der Waals surface area contributed by atoms with Crippen molar-refractivity contribution < 1.29 is 4.79 Å². The molecule has 1 nitrogen and oxygen atoms in total. The monoisotopic (exact) mass is 156 g/mol. The predicted molar refractivity (Wildman–Crippen MR) is 43.1 cm³/mol. The number of hydrogen-bond donors (Lipinski definition) is 0. The molecule has 0 radical (unpaired) electrons. The number of hydrogen-bond acceptors (Lipinski definition) is 2. The van der Waals surface area contributed by atoms with Crippen molar-refractivity contribution in [3.05, 3.63) is 0 Å². The highest BCUT2D eigenvalue weighted by Crippen LogP contribution is 2.63. The van der Waals surface area contributed by atoms with E-state index in [1.165, 1.54) is 19.3 Å². The number of carbonyl (C=O) groups is 1. The molecular weight excluding hydrogens is 144 g/mol. The molecule has 2 fully saturated rings. The van der Waals surface area contributed by atoms with Crippen LogP contribution in [0, 0.1) is 11.8 Å². The maximum absolute atomic E-state index is 10.4. The van der Waals surface area contributed by atoms with Crippen LogP contribution in [0.3, 0.4) is 0 Å². The minimum atomic E-state index is 0.426. The van der Waals surface area contributed by atoms with E-state index in [1.807, 2.05) is 11.8 Å². The molecule has 2 heteroatoms. The molecule has 0 N–H and O–H groups in total. The van der Waals surface area contributed by atoms with Gasteiger partial charge in [0, 0.05) is 10.7 Å². The van der Waals surface area contributed by atoms with E-state index in [9.17, 15) is 4.79 Å². The van der Waals surface area contributed by atoms with E-state index < -0.39 is 0 Å². The Balaban J connectivity index is 1.96. The second kappa shape index (κ2) is 2.00. The summed E-state index contributed by atoms with van der Waals surface area (Å²) < 4.78 is 0.561. The fourth-order valence-electron chi connectivity index (χ4n) is 1.82. The van der Waals surface area contributed by atoms with Gasteiger partial charge in [0.05, 0.1) is 0 Å². The van der Waals surface area contributed by atoms with Crippen LogP contribution in [0.1, 0.15) is 19.3 Å². The molecule has 0 amide bonds. The Morgan fingerprint density at radius 3 is 2.60 bits per heavy atom. The van der Waals surface area contributed by atoms with E-state index in [0.29, 0.717) is 10.7 Å². The number of rotatable bonds is 3. The van der Waals surface area contributed by atoms with Gasteiger partial charge in [-0.15, -0.1) is 0 Å². The maximum atomic E-state index is 10.4. The summed E-state index contributed by atoms with van der Waals surface area (Å²) in [7, 11) is 0. The van der Waals surface area contributed by atoms with Gasteiger partial charge in [0.1, 0.15) is 6.29 Å². The van der Waals surface area contributed by atoms with Crippen LogP contribution in [-0.2, 0) is 4.79 Å². The van der Waals surface area contributed by atoms with Gasteiger partial charge in [0.15, 0.2) is 0 Å². The van der Waals surface area contributed by atoms with Crippen LogP contribution >= 0.6 is 11.8 Å². The lowest BCUT2D eigenvalue weighted by molar-refractivity contribution is -0.109. The molecule has 2 rings (SSSR count). The van der Waals surface area contributed by atoms with Crippen LogP contribution in [0.25, 0.3) is 0 Å². The second-order valence-electron chi connectivity index (χ2n) is 3.41. The van der Waals surface area contributed by atoms with Crippen LogP contribution in [-0.4, -0.2) is 17.3 Å². The number of carbonyl (C=O) groups excluding carboxylic acids is 1. The molecule has 0 aliphatic heterocycles. The lowest BCUT2D eigenvalue weighted by atomic mass is 10.2. The van der Waals surface area contributed by atoms with E-state index in [0.717, 1.165) is 12.2 Å². The highest BCUT2D eigenvalue weighted by molar-refractivity contribution is 8.00. The van der Waals surface area contributed by atoms with Crippen LogP contribution in [0.2, 0.25) is 0 Å². The van der Waals surface area contributed by atoms with E-state index in [1.54, 1.807) is 0 Å². The van der Waals surface area contributed by atoms with E-state index in [2.05, 4.69) is 6.26 Å². The third-order valence-electron chi connectivity index (χ3n) is 2.84. The predicted octanol–water partition coefficient (Wildman–Crippen LogP) is 1.72. The Kier molecular flexibility index (Phi) is 1.34. The second-order valence-corrected chi connectivity index (χ2v) is 4.63. The summed E-state index contributed by atoms with van der Waals surface area (Å²) in [6.07, 6.45) is 7.19. The van der Waals surface area contributed by atoms with Gasteiger partial charge in [-0.2, -0.15) is 11.8 Å². The van der Waals surface area contributed by atoms with Gasteiger partial charge in [-0.25, -0.2) is 0 Å². The molecular formula is C8H12OS. The molecule has 10 heavy (non-hydrogen) atoms. The lowest BCUT2D eigenvalue weighted by Gasteiger charge is -2.08. The largest absolute Gasteiger partial charge is 0.303 e. The first-order chi connectivity index (χ1) is 4.82. The number of thioether (sulfide) groups is 1. The molecule has 0 unspecified atom stereocenters. The summed E-state index contributed by atoms with van der Waals surface area (Å²) in [6, 6.07) is 0. The molecule has 2 aliphatic carbocycles. The van der Waals surface area contributed by atoms with Gasteiger partial charge in [-0.05, 0) is 31.4 Å². The Labute approximate surface area is 65.6 Å². The van der Waals surface area contributed by atoms with E-state index in [4.69, 9.17) is 0 Å². The van der Waals surface area contributed by atoms with Crippen LogP contribution in [0.15, 0.2) is 0 Å². The van der Waals surface area contributed by atoms with Gasteiger partial charge in [0.25, 0.3) is 0 Å². The Morgan fingerprint density at radius 2 is 2.30 bits per heavy atom. The minimum absolute atomic E-state index is 0.426. The summed E-state index contributed by atoms with van der Waals surface area (Å²) in [5, 5.41) is 0. The van der Waals surface area contributed by atoms with Crippen molar-refractivity contribution in [1.82, 2.24) is 0 Å². The van der Waals surface area contributed by atoms with Crippen molar-refractivity contribution in [1.29, 1.82) is 0 Å².